The normalized spacial score (nSPS) is 21.3. The van der Waals surface area contributed by atoms with Crippen LogP contribution < -0.4 is 4.90 Å². The van der Waals surface area contributed by atoms with Crippen LogP contribution in [0.5, 0.6) is 0 Å². The molecule has 1 fully saturated rings. The van der Waals surface area contributed by atoms with E-state index in [4.69, 9.17) is 11.6 Å². The molecule has 0 unspecified atom stereocenters. The van der Waals surface area contributed by atoms with E-state index in [1.807, 2.05) is 0 Å². The van der Waals surface area contributed by atoms with E-state index in [0.29, 0.717) is 16.8 Å². The first-order valence-electron chi connectivity index (χ1n) is 13.2. The predicted octanol–water partition coefficient (Wildman–Crippen LogP) is 6.70. The number of nitrogens with zero attached hydrogens (tertiary/aromatic N) is 2. The number of carbonyl (C=O) groups excluding carboxylic acids is 3. The van der Waals surface area contributed by atoms with Gasteiger partial charge in [0.15, 0.2) is 17.3 Å². The zero-order chi connectivity index (χ0) is 29.3. The van der Waals surface area contributed by atoms with Crippen LogP contribution in [0.1, 0.15) is 48.1 Å². The van der Waals surface area contributed by atoms with E-state index in [-0.39, 0.29) is 27.4 Å². The van der Waals surface area contributed by atoms with Gasteiger partial charge in [-0.2, -0.15) is 0 Å². The van der Waals surface area contributed by atoms with Crippen LogP contribution in [0.4, 0.5) is 15.8 Å². The molecule has 0 aromatic heterocycles. The van der Waals surface area contributed by atoms with Crippen LogP contribution in [-0.2, 0) is 0 Å². The van der Waals surface area contributed by atoms with Gasteiger partial charge < -0.3 is 4.90 Å². The number of nitro groups is 1. The number of benzene rings is 4. The number of nitro benzene ring substituents is 1. The number of ketones is 3. The Balaban J connectivity index is 1.55. The van der Waals surface area contributed by atoms with Gasteiger partial charge in [0, 0.05) is 46.0 Å². The molecule has 2 aliphatic heterocycles. The van der Waals surface area contributed by atoms with Crippen LogP contribution in [0, 0.1) is 21.3 Å². The average Bonchev–Trinajstić information content (AvgIpc) is 3.43. The SMILES string of the molecule is O=C(c1ccccc1Cl)[C@@H]1[C@H](c2ccc([N+](=O)[O-])cc2)C2(C(=O)c3ccccc3C2=O)[C@@H]2C=Cc3cc(F)ccc3N12. The molecule has 206 valence electrons. The fourth-order valence-corrected chi connectivity index (χ4v) is 7.17. The Hall–Kier alpha value is -4.95. The molecule has 0 saturated carbocycles. The fraction of sp³-hybridized carbons (Fsp3) is 0.121. The van der Waals surface area contributed by atoms with Crippen molar-refractivity contribution < 1.29 is 23.7 Å². The first-order chi connectivity index (χ1) is 20.2. The van der Waals surface area contributed by atoms with Crippen molar-refractivity contribution in [3.05, 3.63) is 146 Å². The summed E-state index contributed by atoms with van der Waals surface area (Å²) in [5, 5.41) is 11.7. The topological polar surface area (TPSA) is 97.6 Å². The van der Waals surface area contributed by atoms with E-state index in [0.717, 1.165) is 0 Å². The number of Topliss-reactive ketones (excluding diaryl/α,β-unsaturated/α-hetero) is 3. The number of rotatable bonds is 4. The maximum absolute atomic E-state index is 14.6. The molecule has 42 heavy (non-hydrogen) atoms. The van der Waals surface area contributed by atoms with Crippen molar-refractivity contribution in [2.45, 2.75) is 18.0 Å². The Morgan fingerprint density at radius 1 is 0.905 bits per heavy atom. The van der Waals surface area contributed by atoms with Gasteiger partial charge in [-0.1, -0.05) is 72.3 Å². The minimum Gasteiger partial charge on any atom is -0.352 e. The Labute approximate surface area is 244 Å². The quantitative estimate of drug-likeness (QED) is 0.116. The highest BCUT2D eigenvalue weighted by atomic mass is 35.5. The van der Waals surface area contributed by atoms with E-state index < -0.39 is 51.5 Å². The third-order valence-corrected chi connectivity index (χ3v) is 8.97. The standard InChI is InChI=1S/C33H20ClFN2O5/c34-25-8-4-3-7-24(25)30(38)29-28(18-9-13-21(14-10-18)37(41)42)33(31(39)22-5-1-2-6-23(22)32(33)40)27-16-11-19-17-20(35)12-15-26(19)36(27)29/h1-17,27-29H/t27-,28-,29-/m0/s1. The van der Waals surface area contributed by atoms with Crippen molar-refractivity contribution in [1.29, 1.82) is 0 Å². The molecule has 0 bridgehead atoms. The summed E-state index contributed by atoms with van der Waals surface area (Å²) < 4.78 is 14.4. The largest absolute Gasteiger partial charge is 0.352 e. The summed E-state index contributed by atoms with van der Waals surface area (Å²) in [6, 6.07) is 20.7. The van der Waals surface area contributed by atoms with Gasteiger partial charge >= 0.3 is 0 Å². The summed E-state index contributed by atoms with van der Waals surface area (Å²) >= 11 is 6.51. The predicted molar refractivity (Wildman–Crippen MR) is 155 cm³/mol. The molecule has 0 N–H and O–H groups in total. The van der Waals surface area contributed by atoms with E-state index in [1.165, 1.54) is 42.5 Å². The Morgan fingerprint density at radius 2 is 1.55 bits per heavy atom. The molecular formula is C33H20ClFN2O5. The van der Waals surface area contributed by atoms with Gasteiger partial charge in [0.2, 0.25) is 0 Å². The van der Waals surface area contributed by atoms with E-state index in [2.05, 4.69) is 0 Å². The molecule has 7 nitrogen and oxygen atoms in total. The number of carbonyl (C=O) groups is 3. The Bertz CT molecular complexity index is 1850. The van der Waals surface area contributed by atoms with Gasteiger partial charge in [-0.15, -0.1) is 0 Å². The van der Waals surface area contributed by atoms with Gasteiger partial charge in [-0.05, 0) is 35.9 Å². The highest BCUT2D eigenvalue weighted by Crippen LogP contribution is 2.61. The molecule has 4 aromatic rings. The summed E-state index contributed by atoms with van der Waals surface area (Å²) in [7, 11) is 0. The van der Waals surface area contributed by atoms with Crippen molar-refractivity contribution in [1.82, 2.24) is 0 Å². The van der Waals surface area contributed by atoms with E-state index in [1.54, 1.807) is 65.6 Å². The molecular weight excluding hydrogens is 559 g/mol. The fourth-order valence-electron chi connectivity index (χ4n) is 6.94. The lowest BCUT2D eigenvalue weighted by Crippen LogP contribution is -2.48. The van der Waals surface area contributed by atoms with E-state index >= 15 is 0 Å². The monoisotopic (exact) mass is 578 g/mol. The molecule has 1 saturated heterocycles. The number of non-ortho nitro benzene ring substituents is 1. The van der Waals surface area contributed by atoms with E-state index in [9.17, 15) is 28.9 Å². The number of anilines is 1. The summed E-state index contributed by atoms with van der Waals surface area (Å²) in [5.41, 5.74) is 0.104. The van der Waals surface area contributed by atoms with Crippen LogP contribution >= 0.6 is 11.6 Å². The smallest absolute Gasteiger partial charge is 0.269 e. The third-order valence-electron chi connectivity index (χ3n) is 8.64. The first kappa shape index (κ1) is 26.0. The first-order valence-corrected chi connectivity index (χ1v) is 13.6. The summed E-state index contributed by atoms with van der Waals surface area (Å²) in [4.78, 5) is 56.5. The zero-order valence-electron chi connectivity index (χ0n) is 21.7. The lowest BCUT2D eigenvalue weighted by Gasteiger charge is -2.37. The lowest BCUT2D eigenvalue weighted by atomic mass is 9.64. The van der Waals surface area contributed by atoms with Crippen LogP contribution in [0.15, 0.2) is 97.1 Å². The number of hydrogen-bond donors (Lipinski definition) is 0. The van der Waals surface area contributed by atoms with Crippen molar-refractivity contribution in [2.24, 2.45) is 5.41 Å². The molecule has 3 atom stereocenters. The van der Waals surface area contributed by atoms with Crippen molar-refractivity contribution in [2.75, 3.05) is 4.90 Å². The molecule has 1 spiro atoms. The maximum Gasteiger partial charge on any atom is 0.269 e. The second kappa shape index (κ2) is 9.29. The van der Waals surface area contributed by atoms with Crippen LogP contribution in [0.25, 0.3) is 6.08 Å². The molecule has 0 radical (unpaired) electrons. The summed E-state index contributed by atoms with van der Waals surface area (Å²) in [5.74, 6) is -2.86. The van der Waals surface area contributed by atoms with Crippen LogP contribution in [0.2, 0.25) is 5.02 Å². The summed E-state index contributed by atoms with van der Waals surface area (Å²) in [6.07, 6.45) is 3.35. The van der Waals surface area contributed by atoms with Gasteiger partial charge in [0.05, 0.1) is 16.0 Å². The van der Waals surface area contributed by atoms with Crippen LogP contribution in [-0.4, -0.2) is 34.4 Å². The summed E-state index contributed by atoms with van der Waals surface area (Å²) in [6.45, 7) is 0. The highest BCUT2D eigenvalue weighted by molar-refractivity contribution is 6.35. The van der Waals surface area contributed by atoms with Gasteiger partial charge in [-0.25, -0.2) is 4.39 Å². The maximum atomic E-state index is 14.6. The van der Waals surface area contributed by atoms with Gasteiger partial charge in [0.1, 0.15) is 17.3 Å². The van der Waals surface area contributed by atoms with Crippen molar-refractivity contribution >= 4 is 46.4 Å². The van der Waals surface area contributed by atoms with Crippen LogP contribution in [0.3, 0.4) is 0 Å². The minimum atomic E-state index is -1.79. The second-order valence-electron chi connectivity index (χ2n) is 10.6. The number of hydrogen-bond acceptors (Lipinski definition) is 6. The third kappa shape index (κ3) is 3.42. The second-order valence-corrected chi connectivity index (χ2v) is 11.0. The highest BCUT2D eigenvalue weighted by Gasteiger charge is 2.71. The lowest BCUT2D eigenvalue weighted by molar-refractivity contribution is -0.384. The molecule has 7 rings (SSSR count). The molecule has 1 aliphatic carbocycles. The molecule has 3 aliphatic rings. The van der Waals surface area contributed by atoms with Gasteiger partial charge in [0.25, 0.3) is 5.69 Å². The molecule has 9 heteroatoms. The molecule has 2 heterocycles. The Kier molecular flexibility index (Phi) is 5.75. The molecule has 0 amide bonds. The van der Waals surface area contributed by atoms with Gasteiger partial charge in [-0.3, -0.25) is 24.5 Å². The zero-order valence-corrected chi connectivity index (χ0v) is 22.5. The Morgan fingerprint density at radius 3 is 2.19 bits per heavy atom. The molecule has 4 aromatic carbocycles. The minimum absolute atomic E-state index is 0.175. The average molecular weight is 579 g/mol. The number of halogens is 2. The van der Waals surface area contributed by atoms with Crippen molar-refractivity contribution in [3.63, 3.8) is 0 Å². The van der Waals surface area contributed by atoms with Crippen molar-refractivity contribution in [3.8, 4) is 0 Å². The number of fused-ring (bicyclic) bond motifs is 5.